The number of nitrogens with zero attached hydrogens (tertiary/aromatic N) is 2. The van der Waals surface area contributed by atoms with Crippen molar-refractivity contribution in [1.29, 1.82) is 0 Å². The van der Waals surface area contributed by atoms with Crippen LogP contribution in [0.1, 0.15) is 18.5 Å². The van der Waals surface area contributed by atoms with Crippen molar-refractivity contribution in [3.8, 4) is 0 Å². The number of nitrogens with two attached hydrogens (primary N) is 1. The third-order valence-electron chi connectivity index (χ3n) is 4.00. The molecule has 0 bridgehead atoms. The van der Waals surface area contributed by atoms with Gasteiger partial charge in [0, 0.05) is 15.4 Å². The highest BCUT2D eigenvalue weighted by molar-refractivity contribution is 9.10. The van der Waals surface area contributed by atoms with Crippen molar-refractivity contribution in [3.63, 3.8) is 0 Å². The van der Waals surface area contributed by atoms with E-state index in [4.69, 9.17) is 28.9 Å². The molecule has 1 heterocycles. The van der Waals surface area contributed by atoms with Crippen LogP contribution in [0.2, 0.25) is 10.0 Å². The van der Waals surface area contributed by atoms with Gasteiger partial charge >= 0.3 is 0 Å². The second kappa shape index (κ2) is 6.75. The lowest BCUT2D eigenvalue weighted by atomic mass is 9.91. The predicted octanol–water partition coefficient (Wildman–Crippen LogP) is 4.79. The Kier molecular flexibility index (Phi) is 4.85. The van der Waals surface area contributed by atoms with E-state index in [1.54, 1.807) is 23.2 Å². The second-order valence-electron chi connectivity index (χ2n) is 5.57. The minimum absolute atomic E-state index is 0.171. The number of hydrazone groups is 1. The summed E-state index contributed by atoms with van der Waals surface area (Å²) < 4.78 is 0.976. The molecule has 3 rings (SSSR count). The number of hydrogen-bond donors (Lipinski definition) is 1. The van der Waals surface area contributed by atoms with Crippen LogP contribution < -0.4 is 10.7 Å². The lowest BCUT2D eigenvalue weighted by Gasteiger charge is -2.27. The van der Waals surface area contributed by atoms with Crippen molar-refractivity contribution in [3.05, 3.63) is 62.5 Å². The smallest absolute Gasteiger partial charge is 0.265 e. The van der Waals surface area contributed by atoms with Gasteiger partial charge in [-0.05, 0) is 35.9 Å². The number of primary amides is 1. The Morgan fingerprint density at radius 3 is 2.46 bits per heavy atom. The number of rotatable bonds is 3. The zero-order chi connectivity index (χ0) is 17.4. The lowest BCUT2D eigenvalue weighted by Crippen LogP contribution is -2.29. The van der Waals surface area contributed by atoms with Crippen molar-refractivity contribution in [2.24, 2.45) is 16.8 Å². The molecule has 4 nitrogen and oxygen atoms in total. The minimum Gasteiger partial charge on any atom is -0.364 e. The third kappa shape index (κ3) is 3.16. The summed E-state index contributed by atoms with van der Waals surface area (Å²) in [5.41, 5.74) is 7.51. The standard InChI is InChI=1S/C17H14BrCl2N3O/c1-9-15(17(21)24)22-23(14-7-6-12(19)8-13(14)20)16(9)10-2-4-11(18)5-3-10/h2-9,16H,1H3,(H2,21,24). The first-order valence-corrected chi connectivity index (χ1v) is 8.81. The molecule has 2 atom stereocenters. The van der Waals surface area contributed by atoms with Crippen LogP contribution in [0.15, 0.2) is 52.0 Å². The number of anilines is 1. The molecule has 0 saturated heterocycles. The summed E-state index contributed by atoms with van der Waals surface area (Å²) in [4.78, 5) is 11.8. The number of benzene rings is 2. The maximum absolute atomic E-state index is 11.8. The van der Waals surface area contributed by atoms with Gasteiger partial charge in [-0.15, -0.1) is 0 Å². The fourth-order valence-corrected chi connectivity index (χ4v) is 3.62. The van der Waals surface area contributed by atoms with Gasteiger partial charge in [0.15, 0.2) is 0 Å². The van der Waals surface area contributed by atoms with Gasteiger partial charge in [0.25, 0.3) is 5.91 Å². The summed E-state index contributed by atoms with van der Waals surface area (Å²) in [7, 11) is 0. The average molecular weight is 427 g/mol. The summed E-state index contributed by atoms with van der Waals surface area (Å²) in [6.45, 7) is 1.93. The van der Waals surface area contributed by atoms with Crippen molar-refractivity contribution < 1.29 is 4.79 Å². The number of carbonyl (C=O) groups is 1. The van der Waals surface area contributed by atoms with Crippen molar-refractivity contribution >= 4 is 56.4 Å². The number of amides is 1. The molecule has 0 aromatic heterocycles. The molecule has 7 heteroatoms. The van der Waals surface area contributed by atoms with E-state index in [2.05, 4.69) is 21.0 Å². The summed E-state index contributed by atoms with van der Waals surface area (Å²) in [6.07, 6.45) is 0. The van der Waals surface area contributed by atoms with E-state index < -0.39 is 5.91 Å². The van der Waals surface area contributed by atoms with Gasteiger partial charge in [0.05, 0.1) is 16.8 Å². The van der Waals surface area contributed by atoms with Crippen LogP contribution in [0.25, 0.3) is 0 Å². The highest BCUT2D eigenvalue weighted by Crippen LogP contribution is 2.42. The Balaban J connectivity index is 2.11. The third-order valence-corrected chi connectivity index (χ3v) is 5.07. The zero-order valence-electron chi connectivity index (χ0n) is 12.7. The normalized spacial score (nSPS) is 20.2. The van der Waals surface area contributed by atoms with Crippen LogP contribution in [-0.2, 0) is 4.79 Å². The second-order valence-corrected chi connectivity index (χ2v) is 7.33. The van der Waals surface area contributed by atoms with E-state index in [0.29, 0.717) is 21.4 Å². The predicted molar refractivity (Wildman–Crippen MR) is 102 cm³/mol. The van der Waals surface area contributed by atoms with Crippen LogP contribution >= 0.6 is 39.1 Å². The Bertz CT molecular complexity index is 823. The summed E-state index contributed by atoms with van der Waals surface area (Å²) >= 11 is 15.8. The molecule has 2 aromatic rings. The molecule has 1 amide bonds. The lowest BCUT2D eigenvalue weighted by molar-refractivity contribution is -0.112. The highest BCUT2D eigenvalue weighted by Gasteiger charge is 2.39. The van der Waals surface area contributed by atoms with Crippen molar-refractivity contribution in [2.75, 3.05) is 5.01 Å². The first kappa shape index (κ1) is 17.3. The highest BCUT2D eigenvalue weighted by atomic mass is 79.9. The first-order chi connectivity index (χ1) is 11.4. The molecular formula is C17H14BrCl2N3O. The van der Waals surface area contributed by atoms with Crippen LogP contribution in [0.3, 0.4) is 0 Å². The van der Waals surface area contributed by atoms with Gasteiger partial charge in [-0.3, -0.25) is 9.80 Å². The molecule has 0 fully saturated rings. The van der Waals surface area contributed by atoms with Gasteiger partial charge in [-0.2, -0.15) is 5.10 Å². The number of halogens is 3. The SMILES string of the molecule is CC1C(C(N)=O)=NN(c2ccc(Cl)cc2Cl)C1c1ccc(Br)cc1. The number of carbonyl (C=O) groups excluding carboxylic acids is 1. The molecule has 0 radical (unpaired) electrons. The number of hydrogen-bond acceptors (Lipinski definition) is 3. The van der Waals surface area contributed by atoms with Crippen LogP contribution in [0.4, 0.5) is 5.69 Å². The van der Waals surface area contributed by atoms with Gasteiger partial charge in [-0.25, -0.2) is 0 Å². The first-order valence-electron chi connectivity index (χ1n) is 7.26. The Hall–Kier alpha value is -1.56. The van der Waals surface area contributed by atoms with Gasteiger partial charge in [0.2, 0.25) is 0 Å². The topological polar surface area (TPSA) is 58.7 Å². The maximum atomic E-state index is 11.8. The summed E-state index contributed by atoms with van der Waals surface area (Å²) in [6, 6.07) is 12.9. The average Bonchev–Trinajstić information content (AvgIpc) is 2.86. The summed E-state index contributed by atoms with van der Waals surface area (Å²) in [5, 5.41) is 7.19. The van der Waals surface area contributed by atoms with E-state index in [9.17, 15) is 4.79 Å². The fourth-order valence-electron chi connectivity index (χ4n) is 2.86. The molecular weight excluding hydrogens is 413 g/mol. The van der Waals surface area contributed by atoms with E-state index >= 15 is 0 Å². The Labute approximate surface area is 158 Å². The fraction of sp³-hybridized carbons (Fsp3) is 0.176. The van der Waals surface area contributed by atoms with E-state index in [1.165, 1.54) is 0 Å². The van der Waals surface area contributed by atoms with Gasteiger partial charge in [0.1, 0.15) is 5.71 Å². The van der Waals surface area contributed by atoms with Crippen molar-refractivity contribution in [1.82, 2.24) is 0 Å². The van der Waals surface area contributed by atoms with Gasteiger partial charge in [-0.1, -0.05) is 58.2 Å². The molecule has 2 aromatic carbocycles. The quantitative estimate of drug-likeness (QED) is 0.766. The molecule has 0 saturated carbocycles. The van der Waals surface area contributed by atoms with Gasteiger partial charge < -0.3 is 5.73 Å². The molecule has 24 heavy (non-hydrogen) atoms. The van der Waals surface area contributed by atoms with E-state index in [0.717, 1.165) is 10.0 Å². The Morgan fingerprint density at radius 2 is 1.88 bits per heavy atom. The van der Waals surface area contributed by atoms with Crippen LogP contribution in [0.5, 0.6) is 0 Å². The zero-order valence-corrected chi connectivity index (χ0v) is 15.8. The molecule has 124 valence electrons. The van der Waals surface area contributed by atoms with E-state index in [1.807, 2.05) is 31.2 Å². The molecule has 0 spiro atoms. The maximum Gasteiger partial charge on any atom is 0.265 e. The largest absolute Gasteiger partial charge is 0.364 e. The molecule has 1 aliphatic rings. The monoisotopic (exact) mass is 425 g/mol. The van der Waals surface area contributed by atoms with Crippen LogP contribution in [-0.4, -0.2) is 11.6 Å². The van der Waals surface area contributed by atoms with E-state index in [-0.39, 0.29) is 12.0 Å². The molecule has 2 unspecified atom stereocenters. The molecule has 0 aliphatic carbocycles. The molecule has 2 N–H and O–H groups in total. The molecule has 1 aliphatic heterocycles. The Morgan fingerprint density at radius 1 is 1.21 bits per heavy atom. The summed E-state index contributed by atoms with van der Waals surface area (Å²) in [5.74, 6) is -0.701. The minimum atomic E-state index is -0.530. The van der Waals surface area contributed by atoms with Crippen molar-refractivity contribution in [2.45, 2.75) is 13.0 Å². The van der Waals surface area contributed by atoms with Crippen LogP contribution in [0, 0.1) is 5.92 Å².